The number of rotatable bonds is 8. The molecule has 120 heavy (non-hydrogen) atoms. The van der Waals surface area contributed by atoms with Gasteiger partial charge in [-0.1, -0.05) is 236 Å². The Balaban J connectivity index is 0.000000112. The maximum Gasteiger partial charge on any atom is 0.492 e. The Morgan fingerprint density at radius 2 is 0.700 bits per heavy atom. The van der Waals surface area contributed by atoms with Crippen LogP contribution >= 0.6 is 34.3 Å². The van der Waals surface area contributed by atoms with Crippen LogP contribution in [0.1, 0.15) is 0 Å². The summed E-state index contributed by atoms with van der Waals surface area (Å²) in [4.78, 5) is 18.7. The number of benzene rings is 16. The summed E-state index contributed by atoms with van der Waals surface area (Å²) in [5.41, 5.74) is 24.7. The standard InChI is InChI=1S/C52H29N3O2S.C28H15ClN2OS.C24H16BNO3/c1-2-13-33(14-3-1)55-42-21-6-4-16-40(42)46-43(55)25-24-38-37-19-9-17-34(49(37)57-50(38)46)31-23-26-44-41(28-31)48-51(56-44)47(53-29-54-48)32-12-8-11-30(27-32)35-18-10-20-39-36-15-5-7-22-45(36)58-52(35)39;29-18-11-12-23-22(14-18)26-27(32-23)25(30-15-31-26)17-6-3-5-16(13-17)19-8-4-9-21-20-7-1-2-10-24(20)33-28(19)21;27-25(28)19-11-6-10-16-17-13-14-21-22(24(17)29-23(16)19)18-9-4-5-12-20(18)26(21)15-7-2-1-3-8-15/h1-29H;1-15H;1-14,27-28H. The summed E-state index contributed by atoms with van der Waals surface area (Å²) < 4.78 is 35.8. The van der Waals surface area contributed by atoms with E-state index in [2.05, 4.69) is 286 Å². The number of aromatic nitrogens is 6. The van der Waals surface area contributed by atoms with Gasteiger partial charge < -0.3 is 36.9 Å². The minimum atomic E-state index is -1.58. The molecule has 0 bridgehead atoms. The van der Waals surface area contributed by atoms with Crippen molar-refractivity contribution in [3.63, 3.8) is 0 Å². The van der Waals surface area contributed by atoms with Crippen molar-refractivity contribution in [2.75, 3.05) is 0 Å². The third kappa shape index (κ3) is 11.0. The molecule has 0 unspecified atom stereocenters. The molecule has 2 N–H and O–H groups in total. The molecule has 564 valence electrons. The molecule has 16 heteroatoms. The fraction of sp³-hybridized carbons (Fsp3) is 0. The zero-order chi connectivity index (χ0) is 79.4. The van der Waals surface area contributed by atoms with Gasteiger partial charge in [-0.2, -0.15) is 0 Å². The molecule has 12 nitrogen and oxygen atoms in total. The maximum absolute atomic E-state index is 9.78. The van der Waals surface area contributed by atoms with Crippen LogP contribution in [0.15, 0.2) is 370 Å². The van der Waals surface area contributed by atoms with Gasteiger partial charge in [-0.3, -0.25) is 0 Å². The third-order valence-electron chi connectivity index (χ3n) is 23.4. The molecule has 0 saturated heterocycles. The molecule has 26 aromatic rings. The number of fused-ring (bicyclic) bond motifs is 26. The molecule has 0 spiro atoms. The highest BCUT2D eigenvalue weighted by Gasteiger charge is 2.27. The molecule has 0 radical (unpaired) electrons. The van der Waals surface area contributed by atoms with Crippen LogP contribution < -0.4 is 5.46 Å². The van der Waals surface area contributed by atoms with Gasteiger partial charge in [-0.25, -0.2) is 19.9 Å². The van der Waals surface area contributed by atoms with E-state index < -0.39 is 7.12 Å². The van der Waals surface area contributed by atoms with Crippen molar-refractivity contribution in [3.05, 3.63) is 357 Å². The summed E-state index contributed by atoms with van der Waals surface area (Å²) in [5, 5.41) is 35.6. The molecule has 0 atom stereocenters. The van der Waals surface area contributed by atoms with Crippen molar-refractivity contribution < 1.29 is 27.7 Å². The third-order valence-corrected chi connectivity index (χ3v) is 26.1. The summed E-state index contributed by atoms with van der Waals surface area (Å²) in [6, 6.07) is 117. The molecule has 0 aliphatic carbocycles. The van der Waals surface area contributed by atoms with Crippen molar-refractivity contribution in [3.8, 4) is 67.3 Å². The van der Waals surface area contributed by atoms with Crippen molar-refractivity contribution in [1.29, 1.82) is 0 Å². The molecule has 0 aliphatic rings. The zero-order valence-electron chi connectivity index (χ0n) is 63.5. The lowest BCUT2D eigenvalue weighted by molar-refractivity contribution is 0.425. The fourth-order valence-corrected chi connectivity index (χ4v) is 20.7. The lowest BCUT2D eigenvalue weighted by atomic mass is 9.79. The van der Waals surface area contributed by atoms with Gasteiger partial charge in [0.05, 0.1) is 32.8 Å². The lowest BCUT2D eigenvalue weighted by Crippen LogP contribution is -2.29. The molecular weight excluding hydrogens is 1540 g/mol. The largest absolute Gasteiger partial charge is 0.492 e. The Labute approximate surface area is 695 Å². The van der Waals surface area contributed by atoms with Gasteiger partial charge in [0.15, 0.2) is 11.2 Å². The maximum atomic E-state index is 9.78. The number of furan rings is 4. The van der Waals surface area contributed by atoms with Crippen LogP contribution in [0.25, 0.3) is 239 Å². The average molecular weight is 1600 g/mol. The first-order valence-corrected chi connectivity index (χ1v) is 41.5. The van der Waals surface area contributed by atoms with Gasteiger partial charge in [0.1, 0.15) is 68.6 Å². The first-order valence-electron chi connectivity index (χ1n) is 39.5. The van der Waals surface area contributed by atoms with Gasteiger partial charge in [0.25, 0.3) is 0 Å². The topological polar surface area (TPSA) is 154 Å². The van der Waals surface area contributed by atoms with E-state index in [0.29, 0.717) is 27.2 Å². The normalized spacial score (nSPS) is 12.0. The van der Waals surface area contributed by atoms with Crippen LogP contribution in [-0.4, -0.2) is 46.2 Å². The Kier molecular flexibility index (Phi) is 16.0. The number of nitrogens with zero attached hydrogens (tertiary/aromatic N) is 6. The summed E-state index contributed by atoms with van der Waals surface area (Å²) >= 11 is 9.89. The van der Waals surface area contributed by atoms with Crippen LogP contribution in [0.4, 0.5) is 0 Å². The number of hydrogen-bond donors (Lipinski definition) is 2. The summed E-state index contributed by atoms with van der Waals surface area (Å²) in [5.74, 6) is 0. The number of para-hydroxylation sites is 6. The van der Waals surface area contributed by atoms with E-state index in [1.165, 1.54) is 51.5 Å². The zero-order valence-corrected chi connectivity index (χ0v) is 65.9. The molecule has 0 amide bonds. The first-order chi connectivity index (χ1) is 59.3. The molecular formula is C104H60BClN6O6S2. The van der Waals surface area contributed by atoms with E-state index >= 15 is 0 Å². The van der Waals surface area contributed by atoms with E-state index in [9.17, 15) is 10.0 Å². The van der Waals surface area contributed by atoms with Crippen LogP contribution in [0.5, 0.6) is 0 Å². The number of hydrogen-bond acceptors (Lipinski definition) is 12. The van der Waals surface area contributed by atoms with Crippen molar-refractivity contribution in [2.45, 2.75) is 0 Å². The minimum absolute atomic E-state index is 0.374. The van der Waals surface area contributed by atoms with E-state index in [4.69, 9.17) is 39.2 Å². The monoisotopic (exact) mass is 1600 g/mol. The van der Waals surface area contributed by atoms with Crippen LogP contribution in [-0.2, 0) is 0 Å². The Bertz CT molecular complexity index is 8720. The second-order valence-electron chi connectivity index (χ2n) is 30.1. The van der Waals surface area contributed by atoms with Gasteiger partial charge in [0.2, 0.25) is 0 Å². The highest BCUT2D eigenvalue weighted by Crippen LogP contribution is 2.48. The van der Waals surface area contributed by atoms with Crippen LogP contribution in [0, 0.1) is 0 Å². The van der Waals surface area contributed by atoms with Gasteiger partial charge in [-0.05, 0) is 143 Å². The molecule has 10 aromatic heterocycles. The Morgan fingerprint density at radius 1 is 0.283 bits per heavy atom. The quantitative estimate of drug-likeness (QED) is 0.141. The molecule has 10 heterocycles. The smallest absolute Gasteiger partial charge is 0.456 e. The molecule has 26 rings (SSSR count). The second kappa shape index (κ2) is 27.7. The highest BCUT2D eigenvalue weighted by atomic mass is 35.5. The summed E-state index contributed by atoms with van der Waals surface area (Å²) in [7, 11) is -1.58. The first kappa shape index (κ1) is 69.5. The van der Waals surface area contributed by atoms with Gasteiger partial charge in [-0.15, -0.1) is 22.7 Å². The molecule has 0 saturated carbocycles. The lowest BCUT2D eigenvalue weighted by Gasteiger charge is -2.07. The summed E-state index contributed by atoms with van der Waals surface area (Å²) in [6.07, 6.45) is 3.24. The van der Waals surface area contributed by atoms with Gasteiger partial charge >= 0.3 is 7.12 Å². The Morgan fingerprint density at radius 3 is 1.24 bits per heavy atom. The molecule has 0 aliphatic heterocycles. The van der Waals surface area contributed by atoms with E-state index in [1.807, 2.05) is 89.4 Å². The minimum Gasteiger partial charge on any atom is -0.456 e. The Hall–Kier alpha value is -14.8. The second-order valence-corrected chi connectivity index (χ2v) is 32.7. The van der Waals surface area contributed by atoms with Crippen molar-refractivity contribution in [1.82, 2.24) is 29.1 Å². The number of thiophene rings is 2. The van der Waals surface area contributed by atoms with Crippen LogP contribution in [0.2, 0.25) is 5.02 Å². The predicted molar refractivity (Wildman–Crippen MR) is 496 cm³/mol. The predicted octanol–water partition coefficient (Wildman–Crippen LogP) is 27.8. The van der Waals surface area contributed by atoms with Crippen molar-refractivity contribution >= 4 is 219 Å². The highest BCUT2D eigenvalue weighted by molar-refractivity contribution is 7.26. The summed E-state index contributed by atoms with van der Waals surface area (Å²) in [6.45, 7) is 0. The average Bonchev–Trinajstić information content (AvgIpc) is 1.56. The van der Waals surface area contributed by atoms with Crippen LogP contribution in [0.3, 0.4) is 0 Å². The molecule has 0 fully saturated rings. The van der Waals surface area contributed by atoms with Gasteiger partial charge in [0, 0.05) is 122 Å². The van der Waals surface area contributed by atoms with E-state index in [0.717, 1.165) is 171 Å². The fourth-order valence-electron chi connectivity index (χ4n) is 18.1. The molecule has 16 aromatic carbocycles. The number of halogens is 1. The van der Waals surface area contributed by atoms with Crippen molar-refractivity contribution in [2.24, 2.45) is 0 Å². The van der Waals surface area contributed by atoms with E-state index in [-0.39, 0.29) is 0 Å². The SMILES string of the molecule is Clc1ccc2oc3c(-c4cccc(-c5cccc6c5sc5ccccc56)c4)ncnc3c2c1.OB(O)c1cccc2c1oc1c2ccc2c1c1ccccc1n2-c1ccccc1.c1ccc(-n2c3ccccc3c3c4oc5c(-c6ccc7oc8c(-c9cccc(-c%10cccc%11c%10sc%10ccccc%10%11)c9)ncnc8c7c6)cccc5c4ccc32)cc1. The van der Waals surface area contributed by atoms with E-state index in [1.54, 1.807) is 18.7 Å².